The summed E-state index contributed by atoms with van der Waals surface area (Å²) in [7, 11) is 0. The van der Waals surface area contributed by atoms with Gasteiger partial charge in [0.1, 0.15) is 0 Å². The van der Waals surface area contributed by atoms with Gasteiger partial charge in [0, 0.05) is 25.5 Å². The van der Waals surface area contributed by atoms with Gasteiger partial charge in [-0.1, -0.05) is 23.5 Å². The summed E-state index contributed by atoms with van der Waals surface area (Å²) >= 11 is 1.78. The SMILES string of the molecule is c1ccc2sc(N3CCC(COc4cnccn4)CC3)nc2c1. The number of fused-ring (bicyclic) bond motifs is 1. The molecule has 0 radical (unpaired) electrons. The molecule has 0 unspecified atom stereocenters. The first kappa shape index (κ1) is 14.4. The molecule has 0 aliphatic carbocycles. The Balaban J connectivity index is 1.33. The van der Waals surface area contributed by atoms with Crippen molar-refractivity contribution in [2.24, 2.45) is 5.92 Å². The van der Waals surface area contributed by atoms with Crippen molar-refractivity contribution in [1.82, 2.24) is 15.0 Å². The number of piperidine rings is 1. The first-order chi connectivity index (χ1) is 11.4. The molecule has 0 saturated carbocycles. The first-order valence-corrected chi connectivity index (χ1v) is 8.69. The lowest BCUT2D eigenvalue weighted by Crippen LogP contribution is -2.35. The fourth-order valence-electron chi connectivity index (χ4n) is 2.85. The third-order valence-electron chi connectivity index (χ3n) is 4.17. The van der Waals surface area contributed by atoms with Gasteiger partial charge in [-0.05, 0) is 30.9 Å². The largest absolute Gasteiger partial charge is 0.476 e. The van der Waals surface area contributed by atoms with Gasteiger partial charge < -0.3 is 9.64 Å². The highest BCUT2D eigenvalue weighted by atomic mass is 32.1. The summed E-state index contributed by atoms with van der Waals surface area (Å²) in [6.45, 7) is 2.79. The van der Waals surface area contributed by atoms with Crippen LogP contribution in [0.3, 0.4) is 0 Å². The molecule has 4 rings (SSSR count). The van der Waals surface area contributed by atoms with E-state index in [1.54, 1.807) is 29.9 Å². The Morgan fingerprint density at radius 2 is 2.04 bits per heavy atom. The van der Waals surface area contributed by atoms with Crippen LogP contribution in [0, 0.1) is 5.92 Å². The number of rotatable bonds is 4. The molecule has 0 atom stereocenters. The predicted molar refractivity (Wildman–Crippen MR) is 92.1 cm³/mol. The summed E-state index contributed by atoms with van der Waals surface area (Å²) in [5.41, 5.74) is 1.10. The molecule has 0 N–H and O–H groups in total. The second-order valence-corrected chi connectivity index (χ2v) is 6.76. The number of ether oxygens (including phenoxy) is 1. The van der Waals surface area contributed by atoms with Gasteiger partial charge in [-0.15, -0.1) is 0 Å². The highest BCUT2D eigenvalue weighted by Crippen LogP contribution is 2.31. The summed E-state index contributed by atoms with van der Waals surface area (Å²) in [6, 6.07) is 8.33. The predicted octanol–water partition coefficient (Wildman–Crippen LogP) is 3.38. The molecule has 23 heavy (non-hydrogen) atoms. The quantitative estimate of drug-likeness (QED) is 0.735. The fourth-order valence-corrected chi connectivity index (χ4v) is 3.87. The average molecular weight is 326 g/mol. The zero-order valence-electron chi connectivity index (χ0n) is 12.8. The van der Waals surface area contributed by atoms with Crippen LogP contribution in [0.15, 0.2) is 42.9 Å². The number of aromatic nitrogens is 3. The monoisotopic (exact) mass is 326 g/mol. The van der Waals surface area contributed by atoms with Crippen LogP contribution >= 0.6 is 11.3 Å². The van der Waals surface area contributed by atoms with Gasteiger partial charge in [0.2, 0.25) is 5.88 Å². The van der Waals surface area contributed by atoms with E-state index in [9.17, 15) is 0 Å². The van der Waals surface area contributed by atoms with Crippen molar-refractivity contribution in [1.29, 1.82) is 0 Å². The van der Waals surface area contributed by atoms with E-state index in [-0.39, 0.29) is 0 Å². The number of thiazole rings is 1. The molecule has 1 fully saturated rings. The second kappa shape index (κ2) is 6.50. The molecular formula is C17H18N4OS. The van der Waals surface area contributed by atoms with Crippen molar-refractivity contribution in [3.05, 3.63) is 42.9 Å². The number of anilines is 1. The lowest BCUT2D eigenvalue weighted by molar-refractivity contribution is 0.215. The van der Waals surface area contributed by atoms with E-state index in [2.05, 4.69) is 33.1 Å². The van der Waals surface area contributed by atoms with Crippen LogP contribution in [0.4, 0.5) is 5.13 Å². The van der Waals surface area contributed by atoms with Crippen LogP contribution in [-0.4, -0.2) is 34.6 Å². The molecule has 5 nitrogen and oxygen atoms in total. The van der Waals surface area contributed by atoms with Crippen LogP contribution in [0.5, 0.6) is 5.88 Å². The van der Waals surface area contributed by atoms with Crippen molar-refractivity contribution in [3.8, 4) is 5.88 Å². The summed E-state index contributed by atoms with van der Waals surface area (Å²) < 4.78 is 6.99. The minimum Gasteiger partial charge on any atom is -0.476 e. The molecule has 1 aliphatic heterocycles. The molecule has 0 bridgehead atoms. The summed E-state index contributed by atoms with van der Waals surface area (Å²) in [6.07, 6.45) is 7.22. The zero-order valence-corrected chi connectivity index (χ0v) is 13.6. The third kappa shape index (κ3) is 3.27. The molecule has 1 aromatic carbocycles. The minimum absolute atomic E-state index is 0.572. The highest BCUT2D eigenvalue weighted by Gasteiger charge is 2.22. The molecule has 2 aromatic heterocycles. The third-order valence-corrected chi connectivity index (χ3v) is 5.27. The topological polar surface area (TPSA) is 51.1 Å². The molecule has 6 heteroatoms. The van der Waals surface area contributed by atoms with E-state index >= 15 is 0 Å². The van der Waals surface area contributed by atoms with E-state index in [0.29, 0.717) is 18.4 Å². The lowest BCUT2D eigenvalue weighted by atomic mass is 9.98. The first-order valence-electron chi connectivity index (χ1n) is 7.88. The summed E-state index contributed by atoms with van der Waals surface area (Å²) in [4.78, 5) is 15.3. The Hall–Kier alpha value is -2.21. The van der Waals surface area contributed by atoms with Gasteiger partial charge in [0.05, 0.1) is 23.0 Å². The van der Waals surface area contributed by atoms with Gasteiger partial charge >= 0.3 is 0 Å². The molecule has 0 spiro atoms. The average Bonchev–Trinajstić information content (AvgIpc) is 3.05. The Morgan fingerprint density at radius 3 is 2.83 bits per heavy atom. The minimum atomic E-state index is 0.572. The Morgan fingerprint density at radius 1 is 1.17 bits per heavy atom. The molecule has 3 aromatic rings. The zero-order chi connectivity index (χ0) is 15.5. The van der Waals surface area contributed by atoms with E-state index in [0.717, 1.165) is 36.6 Å². The number of nitrogens with zero attached hydrogens (tertiary/aromatic N) is 4. The summed E-state index contributed by atoms with van der Waals surface area (Å²) in [5, 5.41) is 1.14. The van der Waals surface area contributed by atoms with Gasteiger partial charge in [-0.2, -0.15) is 0 Å². The Bertz CT molecular complexity index is 735. The van der Waals surface area contributed by atoms with Crippen LogP contribution < -0.4 is 9.64 Å². The maximum absolute atomic E-state index is 5.73. The van der Waals surface area contributed by atoms with Crippen molar-refractivity contribution < 1.29 is 4.74 Å². The Labute approximate surface area is 139 Å². The molecule has 1 saturated heterocycles. The van der Waals surface area contributed by atoms with Crippen molar-refractivity contribution >= 4 is 26.7 Å². The van der Waals surface area contributed by atoms with E-state index in [1.807, 2.05) is 6.07 Å². The highest BCUT2D eigenvalue weighted by molar-refractivity contribution is 7.22. The normalized spacial score (nSPS) is 15.9. The molecular weight excluding hydrogens is 308 g/mol. The van der Waals surface area contributed by atoms with Crippen LogP contribution in [0.1, 0.15) is 12.8 Å². The molecule has 1 aliphatic rings. The fraction of sp³-hybridized carbons (Fsp3) is 0.353. The van der Waals surface area contributed by atoms with Crippen molar-refractivity contribution in [2.45, 2.75) is 12.8 Å². The summed E-state index contributed by atoms with van der Waals surface area (Å²) in [5.74, 6) is 1.18. The molecule has 3 heterocycles. The number of hydrogen-bond donors (Lipinski definition) is 0. The van der Waals surface area contributed by atoms with Gasteiger partial charge in [-0.3, -0.25) is 4.98 Å². The van der Waals surface area contributed by atoms with Crippen molar-refractivity contribution in [2.75, 3.05) is 24.6 Å². The number of benzene rings is 1. The lowest BCUT2D eigenvalue weighted by Gasteiger charge is -2.31. The number of para-hydroxylation sites is 1. The van der Waals surface area contributed by atoms with Crippen LogP contribution in [0.25, 0.3) is 10.2 Å². The van der Waals surface area contributed by atoms with E-state index in [1.165, 1.54) is 4.70 Å². The maximum Gasteiger partial charge on any atom is 0.232 e. The molecule has 118 valence electrons. The standard InChI is InChI=1S/C17H18N4OS/c1-2-4-15-14(3-1)20-17(23-15)21-9-5-13(6-10-21)12-22-16-11-18-7-8-19-16/h1-4,7-8,11,13H,5-6,9-10,12H2. The maximum atomic E-state index is 5.73. The van der Waals surface area contributed by atoms with Gasteiger partial charge in [0.25, 0.3) is 0 Å². The van der Waals surface area contributed by atoms with Crippen molar-refractivity contribution in [3.63, 3.8) is 0 Å². The molecule has 0 amide bonds. The van der Waals surface area contributed by atoms with E-state index in [4.69, 9.17) is 9.72 Å². The van der Waals surface area contributed by atoms with Crippen LogP contribution in [0.2, 0.25) is 0 Å². The Kier molecular flexibility index (Phi) is 4.06. The smallest absolute Gasteiger partial charge is 0.232 e. The van der Waals surface area contributed by atoms with Gasteiger partial charge in [0.15, 0.2) is 5.13 Å². The van der Waals surface area contributed by atoms with E-state index < -0.39 is 0 Å². The van der Waals surface area contributed by atoms with Crippen LogP contribution in [-0.2, 0) is 0 Å². The van der Waals surface area contributed by atoms with Gasteiger partial charge in [-0.25, -0.2) is 9.97 Å². The second-order valence-electron chi connectivity index (χ2n) is 5.75. The number of hydrogen-bond acceptors (Lipinski definition) is 6.